The molecule has 0 spiro atoms. The Morgan fingerprint density at radius 1 is 1.04 bits per heavy atom. The van der Waals surface area contributed by atoms with Crippen molar-refractivity contribution < 1.29 is 13.9 Å². The maximum absolute atomic E-state index is 12.3. The predicted molar refractivity (Wildman–Crippen MR) is 92.1 cm³/mol. The summed E-state index contributed by atoms with van der Waals surface area (Å²) in [6.07, 6.45) is 1.58. The standard InChI is InChI=1S/C19H16ClNO3/c20-15-9-4-5-10-16(15)24-13-18(22)21-19(17-11-6-12-23-17)14-7-2-1-3-8-14/h1-12,19H,13H2,(H,21,22). The molecule has 122 valence electrons. The summed E-state index contributed by atoms with van der Waals surface area (Å²) in [5.41, 5.74) is 0.929. The van der Waals surface area contributed by atoms with E-state index in [0.717, 1.165) is 5.56 Å². The first-order valence-electron chi connectivity index (χ1n) is 7.49. The van der Waals surface area contributed by atoms with Crippen LogP contribution in [0.15, 0.2) is 77.4 Å². The zero-order valence-electron chi connectivity index (χ0n) is 12.8. The van der Waals surface area contributed by atoms with E-state index in [2.05, 4.69) is 5.32 Å². The summed E-state index contributed by atoms with van der Waals surface area (Å²) in [5.74, 6) is 0.871. The molecule has 0 fully saturated rings. The minimum absolute atomic E-state index is 0.131. The lowest BCUT2D eigenvalue weighted by Gasteiger charge is -2.17. The van der Waals surface area contributed by atoms with E-state index in [1.807, 2.05) is 36.4 Å². The van der Waals surface area contributed by atoms with Gasteiger partial charge in [0.15, 0.2) is 6.61 Å². The molecule has 24 heavy (non-hydrogen) atoms. The van der Waals surface area contributed by atoms with Crippen molar-refractivity contribution in [1.29, 1.82) is 0 Å². The number of ether oxygens (including phenoxy) is 1. The lowest BCUT2D eigenvalue weighted by Crippen LogP contribution is -2.33. The van der Waals surface area contributed by atoms with Gasteiger partial charge in [-0.15, -0.1) is 0 Å². The quantitative estimate of drug-likeness (QED) is 0.730. The molecule has 3 aromatic rings. The van der Waals surface area contributed by atoms with E-state index < -0.39 is 0 Å². The second-order valence-electron chi connectivity index (χ2n) is 5.15. The second-order valence-corrected chi connectivity index (χ2v) is 5.55. The van der Waals surface area contributed by atoms with Gasteiger partial charge in [-0.1, -0.05) is 54.1 Å². The average molecular weight is 342 g/mol. The molecule has 5 heteroatoms. The number of hydrogen-bond acceptors (Lipinski definition) is 3. The Morgan fingerprint density at radius 3 is 2.50 bits per heavy atom. The van der Waals surface area contributed by atoms with Crippen molar-refractivity contribution >= 4 is 17.5 Å². The Balaban J connectivity index is 1.69. The Morgan fingerprint density at radius 2 is 1.79 bits per heavy atom. The van der Waals surface area contributed by atoms with Gasteiger partial charge in [-0.3, -0.25) is 4.79 Å². The average Bonchev–Trinajstić information content (AvgIpc) is 3.14. The van der Waals surface area contributed by atoms with Crippen LogP contribution in [-0.2, 0) is 4.79 Å². The van der Waals surface area contributed by atoms with Gasteiger partial charge in [-0.25, -0.2) is 0 Å². The highest BCUT2D eigenvalue weighted by atomic mass is 35.5. The first-order valence-corrected chi connectivity index (χ1v) is 7.87. The minimum atomic E-state index is -0.372. The van der Waals surface area contributed by atoms with Crippen LogP contribution < -0.4 is 10.1 Å². The maximum Gasteiger partial charge on any atom is 0.258 e. The van der Waals surface area contributed by atoms with E-state index >= 15 is 0 Å². The largest absolute Gasteiger partial charge is 0.482 e. The highest BCUT2D eigenvalue weighted by Gasteiger charge is 2.19. The van der Waals surface area contributed by atoms with Gasteiger partial charge in [0.25, 0.3) is 5.91 Å². The number of halogens is 1. The van der Waals surface area contributed by atoms with Crippen LogP contribution in [0, 0.1) is 0 Å². The number of nitrogens with one attached hydrogen (secondary N) is 1. The molecule has 1 amide bonds. The number of benzene rings is 2. The molecular formula is C19H16ClNO3. The zero-order valence-corrected chi connectivity index (χ0v) is 13.6. The highest BCUT2D eigenvalue weighted by molar-refractivity contribution is 6.32. The molecule has 4 nitrogen and oxygen atoms in total. The van der Waals surface area contributed by atoms with Gasteiger partial charge in [0.1, 0.15) is 17.6 Å². The number of amides is 1. The number of furan rings is 1. The van der Waals surface area contributed by atoms with E-state index in [1.165, 1.54) is 0 Å². The Kier molecular flexibility index (Phi) is 5.18. The fourth-order valence-electron chi connectivity index (χ4n) is 2.33. The normalized spacial score (nSPS) is 11.7. The number of para-hydroxylation sites is 1. The molecule has 1 unspecified atom stereocenters. The molecule has 2 aromatic carbocycles. The van der Waals surface area contributed by atoms with Crippen LogP contribution in [0.25, 0.3) is 0 Å². The zero-order chi connectivity index (χ0) is 16.8. The van der Waals surface area contributed by atoms with E-state index in [1.54, 1.807) is 36.6 Å². The van der Waals surface area contributed by atoms with Crippen LogP contribution in [0.2, 0.25) is 5.02 Å². The molecule has 0 aliphatic heterocycles. The SMILES string of the molecule is O=C(COc1ccccc1Cl)NC(c1ccccc1)c1ccco1. The number of carbonyl (C=O) groups is 1. The highest BCUT2D eigenvalue weighted by Crippen LogP contribution is 2.24. The Labute approximate surface area is 145 Å². The van der Waals surface area contributed by atoms with E-state index in [4.69, 9.17) is 20.8 Å². The fraction of sp³-hybridized carbons (Fsp3) is 0.105. The van der Waals surface area contributed by atoms with Crippen LogP contribution >= 0.6 is 11.6 Å². The van der Waals surface area contributed by atoms with Crippen LogP contribution in [0.4, 0.5) is 0 Å². The predicted octanol–water partition coefficient (Wildman–Crippen LogP) is 4.22. The number of carbonyl (C=O) groups excluding carboxylic acids is 1. The van der Waals surface area contributed by atoms with Gasteiger partial charge in [-0.05, 0) is 29.8 Å². The van der Waals surface area contributed by atoms with Gasteiger partial charge in [0, 0.05) is 0 Å². The number of hydrogen-bond donors (Lipinski definition) is 1. The molecule has 0 saturated carbocycles. The minimum Gasteiger partial charge on any atom is -0.482 e. The van der Waals surface area contributed by atoms with Gasteiger partial charge in [0.05, 0.1) is 11.3 Å². The van der Waals surface area contributed by atoms with Crippen LogP contribution in [-0.4, -0.2) is 12.5 Å². The van der Waals surface area contributed by atoms with Crippen molar-refractivity contribution in [2.24, 2.45) is 0 Å². The van der Waals surface area contributed by atoms with Gasteiger partial charge in [-0.2, -0.15) is 0 Å². The summed E-state index contributed by atoms with van der Waals surface area (Å²) in [6, 6.07) is 19.9. The fourth-order valence-corrected chi connectivity index (χ4v) is 2.52. The molecule has 1 N–H and O–H groups in total. The van der Waals surface area contributed by atoms with Crippen molar-refractivity contribution in [3.05, 3.63) is 89.3 Å². The topological polar surface area (TPSA) is 51.5 Å². The molecule has 0 aliphatic rings. The third kappa shape index (κ3) is 3.97. The van der Waals surface area contributed by atoms with Crippen LogP contribution in [0.1, 0.15) is 17.4 Å². The molecule has 0 aliphatic carbocycles. The molecule has 3 rings (SSSR count). The first-order chi connectivity index (χ1) is 11.7. The summed E-state index contributed by atoms with van der Waals surface area (Å²) in [4.78, 5) is 12.3. The van der Waals surface area contributed by atoms with Crippen LogP contribution in [0.3, 0.4) is 0 Å². The third-order valence-electron chi connectivity index (χ3n) is 3.46. The molecule has 1 aromatic heterocycles. The first kappa shape index (κ1) is 16.1. The van der Waals surface area contributed by atoms with Crippen molar-refractivity contribution in [1.82, 2.24) is 5.32 Å². The summed E-state index contributed by atoms with van der Waals surface area (Å²) >= 11 is 6.02. The lowest BCUT2D eigenvalue weighted by atomic mass is 10.0. The monoisotopic (exact) mass is 341 g/mol. The molecule has 1 atom stereocenters. The summed E-state index contributed by atoms with van der Waals surface area (Å²) < 4.78 is 10.9. The lowest BCUT2D eigenvalue weighted by molar-refractivity contribution is -0.123. The smallest absolute Gasteiger partial charge is 0.258 e. The van der Waals surface area contributed by atoms with Crippen molar-refractivity contribution in [3.8, 4) is 5.75 Å². The third-order valence-corrected chi connectivity index (χ3v) is 3.77. The summed E-state index contributed by atoms with van der Waals surface area (Å²) in [6.45, 7) is -0.131. The molecule has 1 heterocycles. The summed E-state index contributed by atoms with van der Waals surface area (Å²) in [5, 5.41) is 3.39. The van der Waals surface area contributed by atoms with Crippen molar-refractivity contribution in [2.75, 3.05) is 6.61 Å². The molecular weight excluding hydrogens is 326 g/mol. The van der Waals surface area contributed by atoms with Gasteiger partial charge >= 0.3 is 0 Å². The summed E-state index contributed by atoms with van der Waals surface area (Å²) in [7, 11) is 0. The van der Waals surface area contributed by atoms with Crippen LogP contribution in [0.5, 0.6) is 5.75 Å². The van der Waals surface area contributed by atoms with Gasteiger partial charge < -0.3 is 14.5 Å². The molecule has 0 saturated heterocycles. The molecule has 0 radical (unpaired) electrons. The van der Waals surface area contributed by atoms with Gasteiger partial charge in [0.2, 0.25) is 0 Å². The van der Waals surface area contributed by atoms with E-state index in [-0.39, 0.29) is 18.6 Å². The Hall–Kier alpha value is -2.72. The van der Waals surface area contributed by atoms with E-state index in [0.29, 0.717) is 16.5 Å². The van der Waals surface area contributed by atoms with Crippen molar-refractivity contribution in [2.45, 2.75) is 6.04 Å². The molecule has 0 bridgehead atoms. The number of rotatable bonds is 6. The van der Waals surface area contributed by atoms with Crippen molar-refractivity contribution in [3.63, 3.8) is 0 Å². The maximum atomic E-state index is 12.3. The Bertz CT molecular complexity index is 787. The van der Waals surface area contributed by atoms with E-state index in [9.17, 15) is 4.79 Å². The second kappa shape index (κ2) is 7.70.